The molecule has 22 heavy (non-hydrogen) atoms. The van der Waals surface area contributed by atoms with Crippen LogP contribution in [0.1, 0.15) is 24.8 Å². The number of ether oxygens (including phenoxy) is 3. The van der Waals surface area contributed by atoms with Crippen LogP contribution in [0.3, 0.4) is 0 Å². The molecule has 3 rings (SSSR count). The second-order valence-electron chi connectivity index (χ2n) is 6.03. The highest BCUT2D eigenvalue weighted by atomic mass is 16.7. The molecule has 1 N–H and O–H groups in total. The summed E-state index contributed by atoms with van der Waals surface area (Å²) >= 11 is 0. The minimum absolute atomic E-state index is 0.0463. The molecule has 0 unspecified atom stereocenters. The summed E-state index contributed by atoms with van der Waals surface area (Å²) in [6, 6.07) is 7.77. The van der Waals surface area contributed by atoms with Gasteiger partial charge in [-0.3, -0.25) is 0 Å². The summed E-state index contributed by atoms with van der Waals surface area (Å²) in [5, 5.41) is 11.0. The second-order valence-corrected chi connectivity index (χ2v) is 6.03. The first-order chi connectivity index (χ1) is 10.7. The lowest BCUT2D eigenvalue weighted by Crippen LogP contribution is -2.43. The Kier molecular flexibility index (Phi) is 4.98. The topological polar surface area (TPSA) is 51.2 Å². The summed E-state index contributed by atoms with van der Waals surface area (Å²) in [6.07, 6.45) is 2.29. The predicted molar refractivity (Wildman–Crippen MR) is 82.9 cm³/mol. The molecule has 0 aliphatic carbocycles. The molecule has 1 aromatic rings. The zero-order chi connectivity index (χ0) is 15.4. The quantitative estimate of drug-likeness (QED) is 0.898. The van der Waals surface area contributed by atoms with E-state index in [-0.39, 0.29) is 6.29 Å². The molecule has 0 radical (unpaired) electrons. The Balaban J connectivity index is 1.55. The molecule has 2 heterocycles. The van der Waals surface area contributed by atoms with Gasteiger partial charge >= 0.3 is 0 Å². The van der Waals surface area contributed by atoms with Crippen LogP contribution in [0.5, 0.6) is 5.75 Å². The molecule has 0 aromatic heterocycles. The van der Waals surface area contributed by atoms with Gasteiger partial charge in [-0.25, -0.2) is 0 Å². The largest absolute Gasteiger partial charge is 0.496 e. The highest BCUT2D eigenvalue weighted by molar-refractivity contribution is 5.38. The van der Waals surface area contributed by atoms with E-state index in [4.69, 9.17) is 14.2 Å². The number of benzene rings is 1. The van der Waals surface area contributed by atoms with Gasteiger partial charge in [-0.2, -0.15) is 0 Å². The number of aliphatic hydroxyl groups is 1. The summed E-state index contributed by atoms with van der Waals surface area (Å²) in [5.41, 5.74) is 0.114. The minimum Gasteiger partial charge on any atom is -0.496 e. The van der Waals surface area contributed by atoms with Crippen molar-refractivity contribution in [1.82, 2.24) is 4.90 Å². The number of rotatable bonds is 5. The van der Waals surface area contributed by atoms with Gasteiger partial charge < -0.3 is 24.2 Å². The lowest BCUT2D eigenvalue weighted by atomic mass is 9.84. The average Bonchev–Trinajstić information content (AvgIpc) is 3.08. The Bertz CT molecular complexity index is 479. The average molecular weight is 307 g/mol. The van der Waals surface area contributed by atoms with E-state index in [9.17, 15) is 5.11 Å². The van der Waals surface area contributed by atoms with Crippen LogP contribution in [0.15, 0.2) is 24.3 Å². The van der Waals surface area contributed by atoms with Gasteiger partial charge in [0.15, 0.2) is 6.29 Å². The van der Waals surface area contributed by atoms with E-state index >= 15 is 0 Å². The molecule has 0 amide bonds. The number of hydrogen-bond donors (Lipinski definition) is 1. The van der Waals surface area contributed by atoms with E-state index in [2.05, 4.69) is 4.90 Å². The maximum absolute atomic E-state index is 11.0. The molecule has 0 spiro atoms. The Morgan fingerprint density at radius 1 is 1.23 bits per heavy atom. The number of hydrogen-bond acceptors (Lipinski definition) is 5. The summed E-state index contributed by atoms with van der Waals surface area (Å²) in [7, 11) is 1.65. The fourth-order valence-corrected chi connectivity index (χ4v) is 3.31. The molecular formula is C17H25NO4. The first-order valence-electron chi connectivity index (χ1n) is 8.03. The summed E-state index contributed by atoms with van der Waals surface area (Å²) in [6.45, 7) is 4.12. The van der Waals surface area contributed by atoms with Crippen molar-refractivity contribution in [3.8, 4) is 5.75 Å². The van der Waals surface area contributed by atoms with Crippen LogP contribution in [0, 0.1) is 0 Å². The molecular weight excluding hydrogens is 282 g/mol. The zero-order valence-electron chi connectivity index (χ0n) is 13.2. The van der Waals surface area contributed by atoms with Gasteiger partial charge in [0.25, 0.3) is 0 Å². The maximum Gasteiger partial charge on any atom is 0.159 e. The molecule has 0 saturated carbocycles. The summed E-state index contributed by atoms with van der Waals surface area (Å²) in [5.74, 6) is 0.770. The van der Waals surface area contributed by atoms with Gasteiger partial charge in [0.05, 0.1) is 25.9 Å². The predicted octanol–water partition coefficient (Wildman–Crippen LogP) is 1.74. The van der Waals surface area contributed by atoms with Crippen molar-refractivity contribution < 1.29 is 19.3 Å². The van der Waals surface area contributed by atoms with Crippen LogP contribution in [-0.2, 0) is 15.1 Å². The van der Waals surface area contributed by atoms with E-state index in [0.717, 1.165) is 50.2 Å². The fraction of sp³-hybridized carbons (Fsp3) is 0.647. The van der Waals surface area contributed by atoms with Crippen molar-refractivity contribution in [2.24, 2.45) is 0 Å². The van der Waals surface area contributed by atoms with Gasteiger partial charge in [0.2, 0.25) is 0 Å². The number of para-hydroxylation sites is 1. The van der Waals surface area contributed by atoms with Crippen LogP contribution in [0.2, 0.25) is 0 Å². The molecule has 1 aromatic carbocycles. The second kappa shape index (κ2) is 6.96. The number of likely N-dealkylation sites (tertiary alicyclic amines) is 1. The SMILES string of the molecule is COc1ccccc1C1(O)CCN(CCC2OCCO2)CC1. The molecule has 5 heteroatoms. The third kappa shape index (κ3) is 3.43. The van der Waals surface area contributed by atoms with Crippen LogP contribution in [0.4, 0.5) is 0 Å². The van der Waals surface area contributed by atoms with Crippen LogP contribution >= 0.6 is 0 Å². The van der Waals surface area contributed by atoms with E-state index in [1.807, 2.05) is 24.3 Å². The molecule has 2 fully saturated rings. The Labute approximate surface area is 131 Å². The van der Waals surface area contributed by atoms with Crippen molar-refractivity contribution in [1.29, 1.82) is 0 Å². The standard InChI is InChI=1S/C17H25NO4/c1-20-15-5-3-2-4-14(15)17(19)7-10-18(11-8-17)9-6-16-21-12-13-22-16/h2-5,16,19H,6-13H2,1H3. The van der Waals surface area contributed by atoms with Crippen molar-refractivity contribution in [3.63, 3.8) is 0 Å². The molecule has 2 saturated heterocycles. The normalized spacial score (nSPS) is 22.8. The van der Waals surface area contributed by atoms with E-state index < -0.39 is 5.60 Å². The monoisotopic (exact) mass is 307 g/mol. The fourth-order valence-electron chi connectivity index (χ4n) is 3.31. The van der Waals surface area contributed by atoms with Crippen molar-refractivity contribution in [2.75, 3.05) is 40.0 Å². The zero-order valence-corrected chi connectivity index (χ0v) is 13.2. The van der Waals surface area contributed by atoms with Crippen LogP contribution < -0.4 is 4.74 Å². The van der Waals surface area contributed by atoms with Crippen molar-refractivity contribution in [3.05, 3.63) is 29.8 Å². The third-order valence-corrected chi connectivity index (χ3v) is 4.66. The van der Waals surface area contributed by atoms with Crippen LogP contribution in [0.25, 0.3) is 0 Å². The van der Waals surface area contributed by atoms with Gasteiger partial charge in [-0.15, -0.1) is 0 Å². The van der Waals surface area contributed by atoms with E-state index in [1.165, 1.54) is 0 Å². The molecule has 5 nitrogen and oxygen atoms in total. The molecule has 2 aliphatic heterocycles. The Hall–Kier alpha value is -1.14. The van der Waals surface area contributed by atoms with Crippen molar-refractivity contribution >= 4 is 0 Å². The molecule has 0 atom stereocenters. The van der Waals surface area contributed by atoms with Gasteiger partial charge in [0.1, 0.15) is 5.75 Å². The first kappa shape index (κ1) is 15.7. The lowest BCUT2D eigenvalue weighted by molar-refractivity contribution is -0.0618. The maximum atomic E-state index is 11.0. The van der Waals surface area contributed by atoms with E-state index in [1.54, 1.807) is 7.11 Å². The smallest absolute Gasteiger partial charge is 0.159 e. The van der Waals surface area contributed by atoms with Crippen molar-refractivity contribution in [2.45, 2.75) is 31.2 Å². The highest BCUT2D eigenvalue weighted by Crippen LogP contribution is 2.37. The third-order valence-electron chi connectivity index (χ3n) is 4.66. The van der Waals surface area contributed by atoms with Crippen LogP contribution in [-0.4, -0.2) is 56.3 Å². The van der Waals surface area contributed by atoms with Gasteiger partial charge in [-0.05, 0) is 18.9 Å². The number of nitrogens with zero attached hydrogens (tertiary/aromatic N) is 1. The number of methoxy groups -OCH3 is 1. The van der Waals surface area contributed by atoms with E-state index in [0.29, 0.717) is 13.2 Å². The Morgan fingerprint density at radius 2 is 1.91 bits per heavy atom. The number of piperidine rings is 1. The Morgan fingerprint density at radius 3 is 2.59 bits per heavy atom. The van der Waals surface area contributed by atoms with Gasteiger partial charge in [0, 0.05) is 31.6 Å². The summed E-state index contributed by atoms with van der Waals surface area (Å²) < 4.78 is 16.3. The molecule has 122 valence electrons. The highest BCUT2D eigenvalue weighted by Gasteiger charge is 2.36. The first-order valence-corrected chi connectivity index (χ1v) is 8.03. The molecule has 0 bridgehead atoms. The molecule has 2 aliphatic rings. The van der Waals surface area contributed by atoms with Gasteiger partial charge in [-0.1, -0.05) is 18.2 Å². The minimum atomic E-state index is -0.788. The summed E-state index contributed by atoms with van der Waals surface area (Å²) in [4.78, 5) is 2.37. The lowest BCUT2D eigenvalue weighted by Gasteiger charge is -2.39.